The summed E-state index contributed by atoms with van der Waals surface area (Å²) in [5, 5.41) is 0.707. The largest absolute Gasteiger partial charge is 0.381 e. The molecule has 4 nitrogen and oxygen atoms in total. The SMILES string of the molecule is Clc1cccc(-n2c(C3CCOC3)nc3cccnc32)c1. The van der Waals surface area contributed by atoms with Gasteiger partial charge in [0.05, 0.1) is 12.3 Å². The summed E-state index contributed by atoms with van der Waals surface area (Å²) in [6.45, 7) is 1.50. The fourth-order valence-electron chi connectivity index (χ4n) is 2.81. The van der Waals surface area contributed by atoms with Crippen molar-refractivity contribution in [2.75, 3.05) is 13.2 Å². The molecule has 106 valence electrons. The van der Waals surface area contributed by atoms with E-state index in [4.69, 9.17) is 21.3 Å². The van der Waals surface area contributed by atoms with Crippen LogP contribution in [0.2, 0.25) is 5.02 Å². The molecule has 0 saturated carbocycles. The van der Waals surface area contributed by atoms with Gasteiger partial charge in [0, 0.05) is 23.7 Å². The monoisotopic (exact) mass is 299 g/mol. The minimum absolute atomic E-state index is 0.304. The number of fused-ring (bicyclic) bond motifs is 1. The second kappa shape index (κ2) is 5.13. The average molecular weight is 300 g/mol. The molecule has 0 bridgehead atoms. The van der Waals surface area contributed by atoms with Gasteiger partial charge in [-0.1, -0.05) is 17.7 Å². The maximum absolute atomic E-state index is 6.15. The number of imidazole rings is 1. The summed E-state index contributed by atoms with van der Waals surface area (Å²) in [4.78, 5) is 9.27. The van der Waals surface area contributed by atoms with Gasteiger partial charge >= 0.3 is 0 Å². The average Bonchev–Trinajstić information content (AvgIpc) is 3.14. The predicted octanol–water partition coefficient (Wildman–Crippen LogP) is 3.58. The molecular formula is C16H14ClN3O. The molecule has 0 spiro atoms. The van der Waals surface area contributed by atoms with Crippen LogP contribution in [0.4, 0.5) is 0 Å². The molecule has 0 N–H and O–H groups in total. The van der Waals surface area contributed by atoms with E-state index in [0.717, 1.165) is 35.7 Å². The van der Waals surface area contributed by atoms with Gasteiger partial charge in [0.15, 0.2) is 5.65 Å². The van der Waals surface area contributed by atoms with E-state index in [1.807, 2.05) is 36.4 Å². The highest BCUT2D eigenvalue weighted by Crippen LogP contribution is 2.30. The molecule has 1 aliphatic heterocycles. The number of hydrogen-bond acceptors (Lipinski definition) is 3. The predicted molar refractivity (Wildman–Crippen MR) is 82.1 cm³/mol. The Labute approximate surface area is 127 Å². The van der Waals surface area contributed by atoms with Crippen molar-refractivity contribution in [1.29, 1.82) is 0 Å². The van der Waals surface area contributed by atoms with E-state index < -0.39 is 0 Å². The molecule has 4 rings (SSSR count). The highest BCUT2D eigenvalue weighted by molar-refractivity contribution is 6.30. The van der Waals surface area contributed by atoms with Crippen LogP contribution in [0.25, 0.3) is 16.9 Å². The van der Waals surface area contributed by atoms with Gasteiger partial charge in [-0.2, -0.15) is 0 Å². The van der Waals surface area contributed by atoms with Crippen molar-refractivity contribution in [2.24, 2.45) is 0 Å². The third kappa shape index (κ3) is 2.20. The van der Waals surface area contributed by atoms with Crippen molar-refractivity contribution in [3.63, 3.8) is 0 Å². The highest BCUT2D eigenvalue weighted by Gasteiger charge is 2.25. The van der Waals surface area contributed by atoms with Crippen LogP contribution in [0.3, 0.4) is 0 Å². The fraction of sp³-hybridized carbons (Fsp3) is 0.250. The number of benzene rings is 1. The lowest BCUT2D eigenvalue weighted by atomic mass is 10.1. The van der Waals surface area contributed by atoms with Gasteiger partial charge in [-0.05, 0) is 36.8 Å². The van der Waals surface area contributed by atoms with E-state index in [0.29, 0.717) is 17.5 Å². The van der Waals surface area contributed by atoms with Crippen molar-refractivity contribution in [2.45, 2.75) is 12.3 Å². The molecule has 2 aromatic heterocycles. The van der Waals surface area contributed by atoms with E-state index >= 15 is 0 Å². The third-order valence-electron chi connectivity index (χ3n) is 3.80. The van der Waals surface area contributed by atoms with Crippen molar-refractivity contribution < 1.29 is 4.74 Å². The van der Waals surface area contributed by atoms with Crippen LogP contribution in [0.5, 0.6) is 0 Å². The van der Waals surface area contributed by atoms with E-state index in [2.05, 4.69) is 9.55 Å². The van der Waals surface area contributed by atoms with Gasteiger partial charge in [0.25, 0.3) is 0 Å². The van der Waals surface area contributed by atoms with Crippen molar-refractivity contribution in [3.8, 4) is 5.69 Å². The second-order valence-electron chi connectivity index (χ2n) is 5.19. The van der Waals surface area contributed by atoms with Crippen LogP contribution >= 0.6 is 11.6 Å². The molecule has 1 fully saturated rings. The first-order valence-electron chi connectivity index (χ1n) is 7.00. The lowest BCUT2D eigenvalue weighted by molar-refractivity contribution is 0.193. The Hall–Kier alpha value is -1.91. The van der Waals surface area contributed by atoms with Crippen LogP contribution in [0.1, 0.15) is 18.2 Å². The number of aromatic nitrogens is 3. The standard InChI is InChI=1S/C16H14ClN3O/c17-12-3-1-4-13(9-12)20-15(11-6-8-21-10-11)19-14-5-2-7-18-16(14)20/h1-5,7,9,11H,6,8,10H2. The first kappa shape index (κ1) is 12.8. The second-order valence-corrected chi connectivity index (χ2v) is 5.63. The van der Waals surface area contributed by atoms with Gasteiger partial charge < -0.3 is 4.74 Å². The molecule has 0 radical (unpaired) electrons. The third-order valence-corrected chi connectivity index (χ3v) is 4.04. The maximum atomic E-state index is 6.15. The Morgan fingerprint density at radius 2 is 2.19 bits per heavy atom. The highest BCUT2D eigenvalue weighted by atomic mass is 35.5. The first-order chi connectivity index (χ1) is 10.3. The summed E-state index contributed by atoms with van der Waals surface area (Å²) in [5.74, 6) is 1.31. The van der Waals surface area contributed by atoms with Crippen molar-refractivity contribution >= 4 is 22.8 Å². The Bertz CT molecular complexity index is 793. The number of nitrogens with zero attached hydrogens (tertiary/aromatic N) is 3. The summed E-state index contributed by atoms with van der Waals surface area (Å²) in [6, 6.07) is 11.7. The number of ether oxygens (including phenoxy) is 1. The van der Waals surface area contributed by atoms with E-state index in [1.54, 1.807) is 6.20 Å². The van der Waals surface area contributed by atoms with Crippen molar-refractivity contribution in [3.05, 3.63) is 53.4 Å². The van der Waals surface area contributed by atoms with Gasteiger partial charge in [-0.25, -0.2) is 9.97 Å². The van der Waals surface area contributed by atoms with Gasteiger partial charge in [-0.3, -0.25) is 4.57 Å². The molecule has 0 amide bonds. The van der Waals surface area contributed by atoms with Gasteiger partial charge in [-0.15, -0.1) is 0 Å². The molecular weight excluding hydrogens is 286 g/mol. The zero-order valence-corrected chi connectivity index (χ0v) is 12.1. The summed E-state index contributed by atoms with van der Waals surface area (Å²) in [7, 11) is 0. The minimum Gasteiger partial charge on any atom is -0.381 e. The van der Waals surface area contributed by atoms with Gasteiger partial charge in [0.2, 0.25) is 0 Å². The van der Waals surface area contributed by atoms with Gasteiger partial charge in [0.1, 0.15) is 11.3 Å². The lowest BCUT2D eigenvalue weighted by Gasteiger charge is -2.12. The number of hydrogen-bond donors (Lipinski definition) is 0. The van der Waals surface area contributed by atoms with Crippen LogP contribution < -0.4 is 0 Å². The molecule has 0 aliphatic carbocycles. The molecule has 3 heterocycles. The van der Waals surface area contributed by atoms with E-state index in [9.17, 15) is 0 Å². The normalized spacial score (nSPS) is 18.4. The molecule has 1 atom stereocenters. The quantitative estimate of drug-likeness (QED) is 0.726. The first-order valence-corrected chi connectivity index (χ1v) is 7.38. The Kier molecular flexibility index (Phi) is 3.13. The maximum Gasteiger partial charge on any atom is 0.164 e. The number of halogens is 1. The lowest BCUT2D eigenvalue weighted by Crippen LogP contribution is -2.08. The Balaban J connectivity index is 1.98. The summed E-state index contributed by atoms with van der Waals surface area (Å²) in [6.07, 6.45) is 2.78. The van der Waals surface area contributed by atoms with Crippen LogP contribution in [0, 0.1) is 0 Å². The molecule has 1 unspecified atom stereocenters. The van der Waals surface area contributed by atoms with Crippen LogP contribution in [-0.2, 0) is 4.74 Å². The minimum atomic E-state index is 0.304. The summed E-state index contributed by atoms with van der Waals surface area (Å²) >= 11 is 6.15. The number of rotatable bonds is 2. The summed E-state index contributed by atoms with van der Waals surface area (Å²) < 4.78 is 7.62. The molecule has 1 aromatic carbocycles. The molecule has 5 heteroatoms. The zero-order valence-electron chi connectivity index (χ0n) is 11.4. The smallest absolute Gasteiger partial charge is 0.164 e. The number of pyridine rings is 1. The Morgan fingerprint density at radius 3 is 3.00 bits per heavy atom. The molecule has 3 aromatic rings. The van der Waals surface area contributed by atoms with Crippen LogP contribution in [-0.4, -0.2) is 27.7 Å². The fourth-order valence-corrected chi connectivity index (χ4v) is 3.00. The summed E-state index contributed by atoms with van der Waals surface area (Å²) in [5.41, 5.74) is 2.76. The van der Waals surface area contributed by atoms with E-state index in [-0.39, 0.29) is 0 Å². The van der Waals surface area contributed by atoms with Crippen LogP contribution in [0.15, 0.2) is 42.6 Å². The topological polar surface area (TPSA) is 39.9 Å². The molecule has 1 saturated heterocycles. The van der Waals surface area contributed by atoms with E-state index in [1.165, 1.54) is 0 Å². The molecule has 1 aliphatic rings. The van der Waals surface area contributed by atoms with Crippen molar-refractivity contribution in [1.82, 2.24) is 14.5 Å². The molecule has 21 heavy (non-hydrogen) atoms. The zero-order chi connectivity index (χ0) is 14.2. The Morgan fingerprint density at radius 1 is 1.24 bits per heavy atom.